The molecule has 0 saturated carbocycles. The Labute approximate surface area is 103 Å². The van der Waals surface area contributed by atoms with Crippen molar-refractivity contribution in [2.45, 2.75) is 13.8 Å². The number of nitro benzene ring substituents is 1. The SMILES string of the molecule is Cc1cc(-n2cc(C=O)c(C)n2)ccc1[N+](=O)[O-]. The predicted octanol–water partition coefficient (Wildman–Crippen LogP) is 2.21. The van der Waals surface area contributed by atoms with Crippen LogP contribution in [0, 0.1) is 24.0 Å². The van der Waals surface area contributed by atoms with Gasteiger partial charge in [0.05, 0.1) is 21.9 Å². The summed E-state index contributed by atoms with van der Waals surface area (Å²) in [7, 11) is 0. The van der Waals surface area contributed by atoms with E-state index in [-0.39, 0.29) is 5.69 Å². The first-order valence-electron chi connectivity index (χ1n) is 5.30. The molecule has 92 valence electrons. The molecule has 6 nitrogen and oxygen atoms in total. The van der Waals surface area contributed by atoms with Gasteiger partial charge in [0.1, 0.15) is 0 Å². The van der Waals surface area contributed by atoms with Crippen molar-refractivity contribution < 1.29 is 9.72 Å². The molecule has 2 aromatic rings. The highest BCUT2D eigenvalue weighted by molar-refractivity contribution is 5.76. The molecule has 0 radical (unpaired) electrons. The van der Waals surface area contributed by atoms with Crippen LogP contribution < -0.4 is 0 Å². The number of carbonyl (C=O) groups is 1. The van der Waals surface area contributed by atoms with Gasteiger partial charge in [-0.15, -0.1) is 0 Å². The van der Waals surface area contributed by atoms with Crippen molar-refractivity contribution >= 4 is 12.0 Å². The summed E-state index contributed by atoms with van der Waals surface area (Å²) in [4.78, 5) is 21.0. The Morgan fingerprint density at radius 1 is 1.39 bits per heavy atom. The first kappa shape index (κ1) is 12.0. The molecule has 0 aliphatic rings. The van der Waals surface area contributed by atoms with Crippen LogP contribution in [-0.4, -0.2) is 21.0 Å². The van der Waals surface area contributed by atoms with Gasteiger partial charge in [-0.1, -0.05) is 0 Å². The Bertz CT molecular complexity index is 631. The highest BCUT2D eigenvalue weighted by Gasteiger charge is 2.12. The van der Waals surface area contributed by atoms with Crippen LogP contribution in [0.15, 0.2) is 24.4 Å². The monoisotopic (exact) mass is 245 g/mol. The van der Waals surface area contributed by atoms with Gasteiger partial charge < -0.3 is 0 Å². The molecule has 0 aliphatic carbocycles. The van der Waals surface area contributed by atoms with E-state index in [0.717, 1.165) is 6.29 Å². The summed E-state index contributed by atoms with van der Waals surface area (Å²) in [6.07, 6.45) is 2.33. The van der Waals surface area contributed by atoms with Crippen LogP contribution in [0.1, 0.15) is 21.6 Å². The Hall–Kier alpha value is -2.50. The lowest BCUT2D eigenvalue weighted by Crippen LogP contribution is -1.98. The van der Waals surface area contributed by atoms with E-state index >= 15 is 0 Å². The molecular weight excluding hydrogens is 234 g/mol. The topological polar surface area (TPSA) is 78.0 Å². The second kappa shape index (κ2) is 4.40. The fraction of sp³-hybridized carbons (Fsp3) is 0.167. The first-order chi connectivity index (χ1) is 8.52. The lowest BCUT2D eigenvalue weighted by Gasteiger charge is -2.03. The second-order valence-electron chi connectivity index (χ2n) is 3.96. The molecule has 0 aliphatic heterocycles. The highest BCUT2D eigenvalue weighted by Crippen LogP contribution is 2.21. The lowest BCUT2D eigenvalue weighted by atomic mass is 10.2. The normalized spacial score (nSPS) is 10.3. The van der Waals surface area contributed by atoms with Gasteiger partial charge in [0.25, 0.3) is 5.69 Å². The van der Waals surface area contributed by atoms with E-state index in [4.69, 9.17) is 0 Å². The van der Waals surface area contributed by atoms with Crippen molar-refractivity contribution in [1.82, 2.24) is 9.78 Å². The third-order valence-electron chi connectivity index (χ3n) is 2.71. The molecule has 6 heteroatoms. The number of hydrogen-bond acceptors (Lipinski definition) is 4. The smallest absolute Gasteiger partial charge is 0.272 e. The zero-order valence-corrected chi connectivity index (χ0v) is 9.95. The molecule has 18 heavy (non-hydrogen) atoms. The molecule has 0 N–H and O–H groups in total. The third-order valence-corrected chi connectivity index (χ3v) is 2.71. The van der Waals surface area contributed by atoms with Gasteiger partial charge in [-0.2, -0.15) is 5.10 Å². The third kappa shape index (κ3) is 2.00. The van der Waals surface area contributed by atoms with E-state index in [2.05, 4.69) is 5.10 Å². The summed E-state index contributed by atoms with van der Waals surface area (Å²) in [5.41, 5.74) is 2.44. The standard InChI is InChI=1S/C12H11N3O3/c1-8-5-11(3-4-12(8)15(17)18)14-6-10(7-16)9(2)13-14/h3-7H,1-2H3. The average Bonchev–Trinajstić information content (AvgIpc) is 2.70. The minimum absolute atomic E-state index is 0.0678. The number of hydrogen-bond donors (Lipinski definition) is 0. The Morgan fingerprint density at radius 3 is 2.61 bits per heavy atom. The van der Waals surface area contributed by atoms with Crippen molar-refractivity contribution in [3.8, 4) is 5.69 Å². The maximum atomic E-state index is 10.7. The first-order valence-corrected chi connectivity index (χ1v) is 5.30. The average molecular weight is 245 g/mol. The maximum absolute atomic E-state index is 10.7. The number of rotatable bonds is 3. The molecule has 1 heterocycles. The van der Waals surface area contributed by atoms with Gasteiger partial charge in [0.15, 0.2) is 6.29 Å². The van der Waals surface area contributed by atoms with Crippen molar-refractivity contribution in [1.29, 1.82) is 0 Å². The minimum atomic E-state index is -0.426. The van der Waals surface area contributed by atoms with Gasteiger partial charge in [0.2, 0.25) is 0 Å². The largest absolute Gasteiger partial charge is 0.298 e. The van der Waals surface area contributed by atoms with E-state index in [9.17, 15) is 14.9 Å². The lowest BCUT2D eigenvalue weighted by molar-refractivity contribution is -0.385. The molecule has 0 bridgehead atoms. The van der Waals surface area contributed by atoms with E-state index in [0.29, 0.717) is 22.5 Å². The van der Waals surface area contributed by atoms with Crippen LogP contribution >= 0.6 is 0 Å². The zero-order chi connectivity index (χ0) is 13.3. The molecule has 0 amide bonds. The maximum Gasteiger partial charge on any atom is 0.272 e. The summed E-state index contributed by atoms with van der Waals surface area (Å²) in [6, 6.07) is 4.70. The summed E-state index contributed by atoms with van der Waals surface area (Å²) in [5.74, 6) is 0. The summed E-state index contributed by atoms with van der Waals surface area (Å²) in [5, 5.41) is 14.9. The number of aldehydes is 1. The van der Waals surface area contributed by atoms with Crippen LogP contribution in [0.25, 0.3) is 5.69 Å². The van der Waals surface area contributed by atoms with Crippen LogP contribution in [-0.2, 0) is 0 Å². The minimum Gasteiger partial charge on any atom is -0.298 e. The molecule has 0 saturated heterocycles. The fourth-order valence-corrected chi connectivity index (χ4v) is 1.71. The van der Waals surface area contributed by atoms with Crippen LogP contribution in [0.2, 0.25) is 0 Å². The molecular formula is C12H11N3O3. The van der Waals surface area contributed by atoms with Gasteiger partial charge >= 0.3 is 0 Å². The van der Waals surface area contributed by atoms with Crippen LogP contribution in [0.3, 0.4) is 0 Å². The van der Waals surface area contributed by atoms with Crippen molar-refractivity contribution in [3.05, 3.63) is 51.3 Å². The second-order valence-corrected chi connectivity index (χ2v) is 3.96. The van der Waals surface area contributed by atoms with Gasteiger partial charge in [0, 0.05) is 17.8 Å². The summed E-state index contributed by atoms with van der Waals surface area (Å²) < 4.78 is 1.54. The van der Waals surface area contributed by atoms with Crippen molar-refractivity contribution in [2.24, 2.45) is 0 Å². The Kier molecular flexibility index (Phi) is 2.93. The predicted molar refractivity (Wildman–Crippen MR) is 65.1 cm³/mol. The number of nitro groups is 1. The molecule has 1 aromatic carbocycles. The van der Waals surface area contributed by atoms with Gasteiger partial charge in [-0.25, -0.2) is 4.68 Å². The Morgan fingerprint density at radius 2 is 2.11 bits per heavy atom. The van der Waals surface area contributed by atoms with Crippen molar-refractivity contribution in [2.75, 3.05) is 0 Å². The number of carbonyl (C=O) groups excluding carboxylic acids is 1. The number of benzene rings is 1. The highest BCUT2D eigenvalue weighted by atomic mass is 16.6. The Balaban J connectivity index is 2.48. The molecule has 1 aromatic heterocycles. The van der Waals surface area contributed by atoms with Crippen LogP contribution in [0.4, 0.5) is 5.69 Å². The quantitative estimate of drug-likeness (QED) is 0.472. The number of aromatic nitrogens is 2. The molecule has 2 rings (SSSR count). The zero-order valence-electron chi connectivity index (χ0n) is 9.95. The molecule has 0 atom stereocenters. The van der Waals surface area contributed by atoms with E-state index < -0.39 is 4.92 Å². The van der Waals surface area contributed by atoms with Crippen molar-refractivity contribution in [3.63, 3.8) is 0 Å². The van der Waals surface area contributed by atoms with Crippen LogP contribution in [0.5, 0.6) is 0 Å². The number of nitrogens with zero attached hydrogens (tertiary/aromatic N) is 3. The fourth-order valence-electron chi connectivity index (χ4n) is 1.71. The summed E-state index contributed by atoms with van der Waals surface area (Å²) in [6.45, 7) is 3.40. The summed E-state index contributed by atoms with van der Waals surface area (Å²) >= 11 is 0. The molecule has 0 fully saturated rings. The molecule has 0 unspecified atom stereocenters. The van der Waals surface area contributed by atoms with E-state index in [1.165, 1.54) is 10.7 Å². The number of aryl methyl sites for hydroxylation is 2. The van der Waals surface area contributed by atoms with E-state index in [1.54, 1.807) is 32.2 Å². The van der Waals surface area contributed by atoms with E-state index in [1.807, 2.05) is 0 Å². The molecule has 0 spiro atoms. The van der Waals surface area contributed by atoms with Gasteiger partial charge in [-0.05, 0) is 26.0 Å². The van der Waals surface area contributed by atoms with Gasteiger partial charge in [-0.3, -0.25) is 14.9 Å².